The standard InChI is InChI=1S/C6H17BN2/c1-5(9-3)4-7-6(2)8/h5-7,9H,4,8H2,1-3H3/t5-,6+/m0/s1. The molecule has 0 aromatic carbocycles. The third-order valence-electron chi connectivity index (χ3n) is 1.55. The minimum absolute atomic E-state index is 0.348. The third-order valence-corrected chi connectivity index (χ3v) is 1.55. The minimum atomic E-state index is 0.348. The molecule has 0 unspecified atom stereocenters. The fourth-order valence-corrected chi connectivity index (χ4v) is 0.657. The summed E-state index contributed by atoms with van der Waals surface area (Å²) >= 11 is 0. The summed E-state index contributed by atoms with van der Waals surface area (Å²) in [6.45, 7) is 4.21. The van der Waals surface area contributed by atoms with Gasteiger partial charge in [-0.2, -0.15) is 0 Å². The van der Waals surface area contributed by atoms with Crippen LogP contribution in [0, 0.1) is 0 Å². The van der Waals surface area contributed by atoms with Crippen LogP contribution < -0.4 is 11.1 Å². The number of nitrogens with two attached hydrogens (primary N) is 1. The third kappa shape index (κ3) is 5.86. The monoisotopic (exact) mass is 128 g/mol. The zero-order valence-corrected chi connectivity index (χ0v) is 6.65. The van der Waals surface area contributed by atoms with Gasteiger partial charge in [0.2, 0.25) is 0 Å². The van der Waals surface area contributed by atoms with Gasteiger partial charge in [0.1, 0.15) is 7.28 Å². The van der Waals surface area contributed by atoms with Gasteiger partial charge in [-0.15, -0.1) is 0 Å². The molecule has 0 aliphatic rings. The summed E-state index contributed by atoms with van der Waals surface area (Å²) in [4.78, 5) is 0. The maximum atomic E-state index is 5.57. The van der Waals surface area contributed by atoms with Gasteiger partial charge in [-0.25, -0.2) is 0 Å². The van der Waals surface area contributed by atoms with E-state index in [4.69, 9.17) is 5.73 Å². The van der Waals surface area contributed by atoms with Crippen molar-refractivity contribution in [2.75, 3.05) is 7.05 Å². The average Bonchev–Trinajstić information content (AvgIpc) is 1.83. The lowest BCUT2D eigenvalue weighted by Crippen LogP contribution is -2.30. The van der Waals surface area contributed by atoms with E-state index in [1.54, 1.807) is 0 Å². The quantitative estimate of drug-likeness (QED) is 0.512. The second-order valence-corrected chi connectivity index (χ2v) is 2.74. The molecule has 0 aromatic heterocycles. The molecular weight excluding hydrogens is 111 g/mol. The molecule has 0 amide bonds. The van der Waals surface area contributed by atoms with Crippen LogP contribution in [0.4, 0.5) is 0 Å². The topological polar surface area (TPSA) is 38.0 Å². The normalized spacial score (nSPS) is 16.9. The van der Waals surface area contributed by atoms with Crippen molar-refractivity contribution in [2.24, 2.45) is 5.73 Å². The minimum Gasteiger partial charge on any atom is -0.335 e. The van der Waals surface area contributed by atoms with E-state index in [2.05, 4.69) is 12.2 Å². The van der Waals surface area contributed by atoms with Crippen LogP contribution in [0.2, 0.25) is 6.32 Å². The van der Waals surface area contributed by atoms with Crippen LogP contribution in [-0.4, -0.2) is 26.3 Å². The molecule has 9 heavy (non-hydrogen) atoms. The number of hydrogen-bond acceptors (Lipinski definition) is 2. The molecule has 0 aliphatic carbocycles. The maximum absolute atomic E-state index is 5.57. The Morgan fingerprint density at radius 1 is 1.56 bits per heavy atom. The van der Waals surface area contributed by atoms with E-state index < -0.39 is 0 Å². The maximum Gasteiger partial charge on any atom is 0.142 e. The van der Waals surface area contributed by atoms with Gasteiger partial charge in [0.05, 0.1) is 0 Å². The predicted octanol–water partition coefficient (Wildman–Crippen LogP) is -0.246. The van der Waals surface area contributed by atoms with Crippen LogP contribution in [0.1, 0.15) is 13.8 Å². The van der Waals surface area contributed by atoms with Crippen molar-refractivity contribution in [2.45, 2.75) is 32.2 Å². The highest BCUT2D eigenvalue weighted by Gasteiger charge is 2.01. The van der Waals surface area contributed by atoms with E-state index in [1.165, 1.54) is 6.32 Å². The lowest BCUT2D eigenvalue weighted by atomic mass is 9.66. The zero-order valence-electron chi connectivity index (χ0n) is 6.65. The first-order valence-electron chi connectivity index (χ1n) is 3.59. The first-order valence-corrected chi connectivity index (χ1v) is 3.59. The highest BCUT2D eigenvalue weighted by atomic mass is 14.8. The smallest absolute Gasteiger partial charge is 0.142 e. The fourth-order valence-electron chi connectivity index (χ4n) is 0.657. The molecule has 0 saturated carbocycles. The van der Waals surface area contributed by atoms with Crippen molar-refractivity contribution in [1.82, 2.24) is 5.32 Å². The Morgan fingerprint density at radius 3 is 2.44 bits per heavy atom. The molecular formula is C6H17BN2. The molecule has 0 radical (unpaired) electrons. The molecule has 0 fully saturated rings. The van der Waals surface area contributed by atoms with Gasteiger partial charge in [0, 0.05) is 0 Å². The Labute approximate surface area is 58.4 Å². The van der Waals surface area contributed by atoms with Crippen LogP contribution in [0.3, 0.4) is 0 Å². The van der Waals surface area contributed by atoms with Gasteiger partial charge in [-0.3, -0.25) is 0 Å². The molecule has 0 spiro atoms. The summed E-state index contributed by atoms with van der Waals surface area (Å²) in [5.41, 5.74) is 5.57. The second kappa shape index (κ2) is 4.83. The van der Waals surface area contributed by atoms with E-state index in [1.807, 2.05) is 14.0 Å². The molecule has 3 heteroatoms. The average molecular weight is 128 g/mol. The summed E-state index contributed by atoms with van der Waals surface area (Å²) in [6.07, 6.45) is 1.17. The lowest BCUT2D eigenvalue weighted by Gasteiger charge is -2.09. The molecule has 2 atom stereocenters. The Balaban J connectivity index is 3.06. The number of rotatable bonds is 4. The summed E-state index contributed by atoms with van der Waals surface area (Å²) in [5.74, 6) is 0.348. The molecule has 3 N–H and O–H groups in total. The van der Waals surface area contributed by atoms with Crippen LogP contribution in [-0.2, 0) is 0 Å². The van der Waals surface area contributed by atoms with E-state index in [9.17, 15) is 0 Å². The van der Waals surface area contributed by atoms with E-state index >= 15 is 0 Å². The van der Waals surface area contributed by atoms with Crippen molar-refractivity contribution in [1.29, 1.82) is 0 Å². The molecule has 0 bridgehead atoms. The summed E-state index contributed by atoms with van der Waals surface area (Å²) in [6, 6.07) is 0.607. The van der Waals surface area contributed by atoms with Crippen molar-refractivity contribution < 1.29 is 0 Å². The van der Waals surface area contributed by atoms with Crippen LogP contribution in [0.15, 0.2) is 0 Å². The SMILES string of the molecule is CN[C@@H](C)CB[C@@H](C)N. The summed E-state index contributed by atoms with van der Waals surface area (Å²) < 4.78 is 0. The van der Waals surface area contributed by atoms with E-state index in [0.717, 1.165) is 7.28 Å². The molecule has 0 heterocycles. The second-order valence-electron chi connectivity index (χ2n) is 2.74. The highest BCUT2D eigenvalue weighted by molar-refractivity contribution is 6.37. The Hall–Kier alpha value is -0.0151. The van der Waals surface area contributed by atoms with Gasteiger partial charge in [-0.1, -0.05) is 20.2 Å². The Morgan fingerprint density at radius 2 is 2.11 bits per heavy atom. The van der Waals surface area contributed by atoms with Crippen molar-refractivity contribution in [3.05, 3.63) is 0 Å². The van der Waals surface area contributed by atoms with Crippen molar-refractivity contribution in [3.8, 4) is 0 Å². The largest absolute Gasteiger partial charge is 0.335 e. The number of hydrogen-bond donors (Lipinski definition) is 2. The number of nitrogens with one attached hydrogen (secondary N) is 1. The van der Waals surface area contributed by atoms with Crippen molar-refractivity contribution in [3.63, 3.8) is 0 Å². The van der Waals surface area contributed by atoms with Gasteiger partial charge in [-0.05, 0) is 19.0 Å². The summed E-state index contributed by atoms with van der Waals surface area (Å²) in [5, 5.41) is 3.16. The first-order chi connectivity index (χ1) is 4.16. The molecule has 0 aromatic rings. The predicted molar refractivity (Wildman–Crippen MR) is 44.1 cm³/mol. The van der Waals surface area contributed by atoms with E-state index in [0.29, 0.717) is 12.0 Å². The van der Waals surface area contributed by atoms with Crippen molar-refractivity contribution >= 4 is 7.28 Å². The first kappa shape index (κ1) is 8.98. The molecule has 2 nitrogen and oxygen atoms in total. The van der Waals surface area contributed by atoms with Crippen LogP contribution >= 0.6 is 0 Å². The molecule has 0 saturated heterocycles. The molecule has 0 aliphatic heterocycles. The zero-order chi connectivity index (χ0) is 7.28. The van der Waals surface area contributed by atoms with Crippen LogP contribution in [0.25, 0.3) is 0 Å². The summed E-state index contributed by atoms with van der Waals surface area (Å²) in [7, 11) is 3.09. The van der Waals surface area contributed by atoms with E-state index in [-0.39, 0.29) is 0 Å². The molecule has 0 rings (SSSR count). The fraction of sp³-hybridized carbons (Fsp3) is 1.00. The van der Waals surface area contributed by atoms with Crippen LogP contribution in [0.5, 0.6) is 0 Å². The van der Waals surface area contributed by atoms with Gasteiger partial charge in [0.25, 0.3) is 0 Å². The lowest BCUT2D eigenvalue weighted by molar-refractivity contribution is 0.661. The van der Waals surface area contributed by atoms with Gasteiger partial charge in [0.15, 0.2) is 0 Å². The highest BCUT2D eigenvalue weighted by Crippen LogP contribution is 1.89. The molecule has 54 valence electrons. The van der Waals surface area contributed by atoms with Gasteiger partial charge < -0.3 is 11.1 Å². The Bertz CT molecular complexity index is 66.1. The van der Waals surface area contributed by atoms with Gasteiger partial charge >= 0.3 is 0 Å². The Kier molecular flexibility index (Phi) is 4.82.